The maximum atomic E-state index is 4.14. The molecule has 0 amide bonds. The molecule has 0 aromatic heterocycles. The summed E-state index contributed by atoms with van der Waals surface area (Å²) >= 11 is 0. The molecule has 2 nitrogen and oxygen atoms in total. The van der Waals surface area contributed by atoms with Crippen molar-refractivity contribution in [2.24, 2.45) is 15.6 Å². The summed E-state index contributed by atoms with van der Waals surface area (Å²) in [6, 6.07) is 0. The van der Waals surface area contributed by atoms with Crippen molar-refractivity contribution in [1.29, 1.82) is 0 Å². The number of hydrogen-bond donors (Lipinski definition) is 0. The van der Waals surface area contributed by atoms with Gasteiger partial charge < -0.3 is 0 Å². The summed E-state index contributed by atoms with van der Waals surface area (Å²) in [6.07, 6.45) is 12.0. The Balaban J connectivity index is 2.33. The lowest BCUT2D eigenvalue weighted by Gasteiger charge is -2.30. The first kappa shape index (κ1) is 14.7. The van der Waals surface area contributed by atoms with E-state index < -0.39 is 0 Å². The van der Waals surface area contributed by atoms with Crippen LogP contribution < -0.4 is 0 Å². The largest absolute Gasteiger partial charge is 0.188 e. The second kappa shape index (κ2) is 6.51. The van der Waals surface area contributed by atoms with Gasteiger partial charge in [0.15, 0.2) is 5.66 Å². The van der Waals surface area contributed by atoms with Crippen LogP contribution in [0.3, 0.4) is 0 Å². The minimum Gasteiger partial charge on any atom is -0.159 e. The highest BCUT2D eigenvalue weighted by molar-refractivity contribution is 4.90. The van der Waals surface area contributed by atoms with E-state index in [0.717, 1.165) is 6.42 Å². The Morgan fingerprint density at radius 1 is 0.882 bits per heavy atom. The van der Waals surface area contributed by atoms with E-state index in [0.29, 0.717) is 5.41 Å². The summed E-state index contributed by atoms with van der Waals surface area (Å²) < 4.78 is 0. The van der Waals surface area contributed by atoms with Crippen LogP contribution in [0.15, 0.2) is 10.2 Å². The molecular weight excluding hydrogens is 208 g/mol. The van der Waals surface area contributed by atoms with Crippen molar-refractivity contribution in [3.63, 3.8) is 0 Å². The average Bonchev–Trinajstić information content (AvgIpc) is 3.04. The van der Waals surface area contributed by atoms with Crippen molar-refractivity contribution in [1.82, 2.24) is 0 Å². The molecule has 1 heterocycles. The van der Waals surface area contributed by atoms with Gasteiger partial charge in [0.1, 0.15) is 0 Å². The quantitative estimate of drug-likeness (QED) is 0.434. The predicted octanol–water partition coefficient (Wildman–Crippen LogP) is 5.73. The molecule has 1 aliphatic heterocycles. The molecule has 100 valence electrons. The summed E-state index contributed by atoms with van der Waals surface area (Å²) in [7, 11) is 0. The van der Waals surface area contributed by atoms with Gasteiger partial charge in [-0.3, -0.25) is 0 Å². The standard InChI is InChI=1S/C15H30N2/c1-5-7-9-11-14(3,10-8-6-2)12-13-15(4)16-17-15/h5-13H2,1-4H3. The third-order valence-electron chi connectivity index (χ3n) is 4.16. The number of nitrogens with zero attached hydrogens (tertiary/aromatic N) is 2. The molecule has 0 saturated heterocycles. The first-order valence-electron chi connectivity index (χ1n) is 7.48. The molecule has 0 aliphatic carbocycles. The molecule has 0 fully saturated rings. The van der Waals surface area contributed by atoms with Gasteiger partial charge in [0.25, 0.3) is 0 Å². The highest BCUT2D eigenvalue weighted by atomic mass is 15.4. The normalized spacial score (nSPS) is 20.2. The second-order valence-corrected chi connectivity index (χ2v) is 6.29. The van der Waals surface area contributed by atoms with Gasteiger partial charge in [0.2, 0.25) is 0 Å². The lowest BCUT2D eigenvalue weighted by Crippen LogP contribution is -2.20. The van der Waals surface area contributed by atoms with Crippen molar-refractivity contribution in [2.75, 3.05) is 0 Å². The summed E-state index contributed by atoms with van der Waals surface area (Å²) in [5.74, 6) is 0. The summed E-state index contributed by atoms with van der Waals surface area (Å²) in [6.45, 7) is 9.20. The molecule has 1 unspecified atom stereocenters. The van der Waals surface area contributed by atoms with Crippen molar-refractivity contribution in [2.45, 2.75) is 91.1 Å². The third kappa shape index (κ3) is 5.65. The van der Waals surface area contributed by atoms with Crippen LogP contribution in [0.2, 0.25) is 0 Å². The van der Waals surface area contributed by atoms with Crippen LogP contribution in [0.5, 0.6) is 0 Å². The van der Waals surface area contributed by atoms with Crippen molar-refractivity contribution in [3.05, 3.63) is 0 Å². The van der Waals surface area contributed by atoms with Crippen LogP contribution in [0, 0.1) is 5.41 Å². The van der Waals surface area contributed by atoms with Crippen molar-refractivity contribution < 1.29 is 0 Å². The molecule has 0 N–H and O–H groups in total. The number of hydrogen-bond acceptors (Lipinski definition) is 2. The number of unbranched alkanes of at least 4 members (excludes halogenated alkanes) is 3. The first-order chi connectivity index (χ1) is 8.04. The van der Waals surface area contributed by atoms with Gasteiger partial charge in [-0.1, -0.05) is 52.9 Å². The van der Waals surface area contributed by atoms with Crippen LogP contribution in [-0.2, 0) is 0 Å². The van der Waals surface area contributed by atoms with Crippen molar-refractivity contribution in [3.8, 4) is 0 Å². The van der Waals surface area contributed by atoms with E-state index in [-0.39, 0.29) is 5.66 Å². The molecule has 0 saturated carbocycles. The van der Waals surface area contributed by atoms with E-state index in [1.165, 1.54) is 51.4 Å². The van der Waals surface area contributed by atoms with Crippen molar-refractivity contribution >= 4 is 0 Å². The van der Waals surface area contributed by atoms with E-state index in [2.05, 4.69) is 37.9 Å². The van der Waals surface area contributed by atoms with E-state index in [9.17, 15) is 0 Å². The Morgan fingerprint density at radius 3 is 2.00 bits per heavy atom. The minimum atomic E-state index is -0.00176. The van der Waals surface area contributed by atoms with Gasteiger partial charge in [0.05, 0.1) is 0 Å². The molecule has 0 aromatic carbocycles. The van der Waals surface area contributed by atoms with Crippen LogP contribution in [0.25, 0.3) is 0 Å². The van der Waals surface area contributed by atoms with Gasteiger partial charge in [-0.25, -0.2) is 0 Å². The van der Waals surface area contributed by atoms with Crippen LogP contribution >= 0.6 is 0 Å². The van der Waals surface area contributed by atoms with Gasteiger partial charge in [-0.15, -0.1) is 0 Å². The molecule has 1 rings (SSSR count). The van der Waals surface area contributed by atoms with Gasteiger partial charge >= 0.3 is 0 Å². The Kier molecular flexibility index (Phi) is 5.61. The molecule has 0 spiro atoms. The molecule has 0 aromatic rings. The van der Waals surface area contributed by atoms with E-state index >= 15 is 0 Å². The smallest absolute Gasteiger partial charge is 0.159 e. The third-order valence-corrected chi connectivity index (χ3v) is 4.16. The monoisotopic (exact) mass is 238 g/mol. The van der Waals surface area contributed by atoms with Gasteiger partial charge in [-0.2, -0.15) is 10.2 Å². The summed E-state index contributed by atoms with van der Waals surface area (Å²) in [5, 5.41) is 8.28. The van der Waals surface area contributed by atoms with E-state index in [1.807, 2.05) is 0 Å². The zero-order valence-electron chi connectivity index (χ0n) is 12.3. The molecule has 1 aliphatic rings. The fourth-order valence-corrected chi connectivity index (χ4v) is 2.50. The Labute approximate surface area is 107 Å². The number of rotatable bonds is 10. The zero-order chi connectivity index (χ0) is 12.8. The molecule has 1 atom stereocenters. The minimum absolute atomic E-state index is 0.00176. The highest BCUT2D eigenvalue weighted by Gasteiger charge is 2.36. The Hall–Kier alpha value is -0.400. The van der Waals surface area contributed by atoms with Crippen LogP contribution in [0.4, 0.5) is 0 Å². The van der Waals surface area contributed by atoms with Crippen LogP contribution in [0.1, 0.15) is 85.5 Å². The first-order valence-corrected chi connectivity index (χ1v) is 7.48. The molecule has 2 heteroatoms. The summed E-state index contributed by atoms with van der Waals surface area (Å²) in [5.41, 5.74) is 0.528. The lowest BCUT2D eigenvalue weighted by molar-refractivity contribution is 0.218. The SMILES string of the molecule is CCCCCC(C)(CCCC)CCC1(C)N=N1. The maximum Gasteiger partial charge on any atom is 0.188 e. The van der Waals surface area contributed by atoms with Crippen LogP contribution in [-0.4, -0.2) is 5.66 Å². The Morgan fingerprint density at radius 2 is 1.47 bits per heavy atom. The molecule has 0 bridgehead atoms. The maximum absolute atomic E-state index is 4.14. The Bertz CT molecular complexity index is 241. The molecule has 0 radical (unpaired) electrons. The fraction of sp³-hybridized carbons (Fsp3) is 1.00. The fourth-order valence-electron chi connectivity index (χ4n) is 2.50. The highest BCUT2D eigenvalue weighted by Crippen LogP contribution is 2.41. The van der Waals surface area contributed by atoms with E-state index in [1.54, 1.807) is 0 Å². The topological polar surface area (TPSA) is 24.7 Å². The molecule has 17 heavy (non-hydrogen) atoms. The van der Waals surface area contributed by atoms with Gasteiger partial charge in [0, 0.05) is 0 Å². The summed E-state index contributed by atoms with van der Waals surface area (Å²) in [4.78, 5) is 0. The predicted molar refractivity (Wildman–Crippen MR) is 74.3 cm³/mol. The lowest BCUT2D eigenvalue weighted by atomic mass is 9.75. The van der Waals surface area contributed by atoms with Gasteiger partial charge in [-0.05, 0) is 38.0 Å². The van der Waals surface area contributed by atoms with E-state index in [4.69, 9.17) is 0 Å². The zero-order valence-corrected chi connectivity index (χ0v) is 12.3. The average molecular weight is 238 g/mol. The second-order valence-electron chi connectivity index (χ2n) is 6.29. The molecular formula is C15H30N2.